The maximum absolute atomic E-state index is 4.53. The summed E-state index contributed by atoms with van der Waals surface area (Å²) >= 11 is 1.98. The Morgan fingerprint density at radius 3 is 2.79 bits per heavy atom. The number of nitrogens with zero attached hydrogens (tertiary/aromatic N) is 2. The lowest BCUT2D eigenvalue weighted by Crippen LogP contribution is -2.24. The van der Waals surface area contributed by atoms with Crippen molar-refractivity contribution in [1.82, 2.24) is 9.97 Å². The van der Waals surface area contributed by atoms with Crippen molar-refractivity contribution in [3.8, 4) is 0 Å². The number of nitrogens with one attached hydrogen (secondary N) is 1. The lowest BCUT2D eigenvalue weighted by atomic mass is 9.84. The third-order valence-corrected chi connectivity index (χ3v) is 5.96. The fraction of sp³-hybridized carbons (Fsp3) is 0.733. The highest BCUT2D eigenvalue weighted by molar-refractivity contribution is 8.00. The van der Waals surface area contributed by atoms with Crippen molar-refractivity contribution in [3.05, 3.63) is 11.9 Å². The summed E-state index contributed by atoms with van der Waals surface area (Å²) in [6.07, 6.45) is 7.10. The van der Waals surface area contributed by atoms with Crippen molar-refractivity contribution in [1.29, 1.82) is 0 Å². The molecule has 3 rings (SSSR count). The first kappa shape index (κ1) is 13.2. The van der Waals surface area contributed by atoms with Crippen LogP contribution in [0.1, 0.15) is 57.9 Å². The molecule has 1 saturated carbocycles. The van der Waals surface area contributed by atoms with E-state index in [9.17, 15) is 0 Å². The van der Waals surface area contributed by atoms with E-state index in [1.54, 1.807) is 6.33 Å². The molecule has 0 bridgehead atoms. The molecule has 1 N–H and O–H groups in total. The Hall–Kier alpha value is -0.770. The van der Waals surface area contributed by atoms with Gasteiger partial charge in [0, 0.05) is 22.8 Å². The highest BCUT2D eigenvalue weighted by Crippen LogP contribution is 2.52. The van der Waals surface area contributed by atoms with Crippen molar-refractivity contribution in [2.75, 3.05) is 5.32 Å². The van der Waals surface area contributed by atoms with E-state index in [0.29, 0.717) is 17.9 Å². The molecule has 4 heteroatoms. The molecule has 19 heavy (non-hydrogen) atoms. The number of rotatable bonds is 3. The van der Waals surface area contributed by atoms with Crippen LogP contribution in [0, 0.1) is 5.92 Å². The monoisotopic (exact) mass is 277 g/mol. The molecule has 0 spiro atoms. The minimum atomic E-state index is 0.451. The van der Waals surface area contributed by atoms with Crippen LogP contribution >= 0.6 is 11.8 Å². The number of hydrogen-bond donors (Lipinski definition) is 1. The second-order valence-electron chi connectivity index (χ2n) is 6.17. The van der Waals surface area contributed by atoms with Crippen LogP contribution in [0.25, 0.3) is 0 Å². The lowest BCUT2D eigenvalue weighted by molar-refractivity contribution is 0.459. The molecule has 3 unspecified atom stereocenters. The summed E-state index contributed by atoms with van der Waals surface area (Å²) in [6, 6.07) is 0.451. The molecule has 0 radical (unpaired) electrons. The van der Waals surface area contributed by atoms with Crippen molar-refractivity contribution in [2.24, 2.45) is 5.92 Å². The number of thioether (sulfide) groups is 1. The fourth-order valence-electron chi connectivity index (χ4n) is 3.02. The third kappa shape index (κ3) is 2.47. The minimum absolute atomic E-state index is 0.451. The van der Waals surface area contributed by atoms with Crippen LogP contribution in [-0.4, -0.2) is 21.3 Å². The van der Waals surface area contributed by atoms with Crippen molar-refractivity contribution >= 4 is 17.6 Å². The summed E-state index contributed by atoms with van der Waals surface area (Å²) in [6.45, 7) is 6.73. The van der Waals surface area contributed by atoms with E-state index in [1.165, 1.54) is 36.3 Å². The molecule has 1 aliphatic heterocycles. The zero-order chi connectivity index (χ0) is 13.4. The second kappa shape index (κ2) is 5.31. The smallest absolute Gasteiger partial charge is 0.134 e. The Morgan fingerprint density at radius 2 is 2.00 bits per heavy atom. The van der Waals surface area contributed by atoms with Crippen LogP contribution in [0.2, 0.25) is 0 Å². The topological polar surface area (TPSA) is 37.8 Å². The van der Waals surface area contributed by atoms with Gasteiger partial charge in [-0.05, 0) is 25.7 Å². The molecule has 2 aliphatic rings. The number of fused-ring (bicyclic) bond motifs is 3. The average molecular weight is 277 g/mol. The maximum Gasteiger partial charge on any atom is 0.134 e. The van der Waals surface area contributed by atoms with Gasteiger partial charge in [0.2, 0.25) is 0 Å². The summed E-state index contributed by atoms with van der Waals surface area (Å²) in [5, 5.41) is 5.58. The molecule has 3 atom stereocenters. The Labute approximate surface area is 120 Å². The minimum Gasteiger partial charge on any atom is -0.367 e. The SMILES string of the molecule is CC(C)C(C)Nc1ncnc2c1C1CCCCC1S2. The van der Waals surface area contributed by atoms with Gasteiger partial charge in [0.15, 0.2) is 0 Å². The molecule has 1 fully saturated rings. The fourth-order valence-corrected chi connectivity index (χ4v) is 4.51. The summed E-state index contributed by atoms with van der Waals surface area (Å²) in [7, 11) is 0. The van der Waals surface area contributed by atoms with Crippen LogP contribution in [0.3, 0.4) is 0 Å². The van der Waals surface area contributed by atoms with E-state index >= 15 is 0 Å². The maximum atomic E-state index is 4.53. The molecular weight excluding hydrogens is 254 g/mol. The zero-order valence-electron chi connectivity index (χ0n) is 12.0. The van der Waals surface area contributed by atoms with E-state index in [0.717, 1.165) is 11.1 Å². The largest absolute Gasteiger partial charge is 0.367 e. The molecule has 2 heterocycles. The molecule has 0 amide bonds. The number of anilines is 1. The van der Waals surface area contributed by atoms with Gasteiger partial charge in [-0.25, -0.2) is 9.97 Å². The van der Waals surface area contributed by atoms with Gasteiger partial charge in [0.25, 0.3) is 0 Å². The normalized spacial score (nSPS) is 26.9. The second-order valence-corrected chi connectivity index (χ2v) is 7.39. The van der Waals surface area contributed by atoms with Gasteiger partial charge in [0.1, 0.15) is 17.2 Å². The highest BCUT2D eigenvalue weighted by atomic mass is 32.2. The highest BCUT2D eigenvalue weighted by Gasteiger charge is 2.38. The Bertz CT molecular complexity index is 461. The van der Waals surface area contributed by atoms with E-state index in [2.05, 4.69) is 36.1 Å². The predicted octanol–water partition coefficient (Wildman–Crippen LogP) is 4.06. The molecule has 0 aromatic carbocycles. The van der Waals surface area contributed by atoms with Gasteiger partial charge in [0.05, 0.1) is 0 Å². The van der Waals surface area contributed by atoms with E-state index < -0.39 is 0 Å². The van der Waals surface area contributed by atoms with Gasteiger partial charge in [-0.2, -0.15) is 0 Å². The van der Waals surface area contributed by atoms with Gasteiger partial charge < -0.3 is 5.32 Å². The van der Waals surface area contributed by atoms with Crippen LogP contribution in [0.5, 0.6) is 0 Å². The summed E-state index contributed by atoms with van der Waals surface area (Å²) in [4.78, 5) is 9.04. The molecule has 0 saturated heterocycles. The third-order valence-electron chi connectivity index (χ3n) is 4.55. The Morgan fingerprint density at radius 1 is 1.21 bits per heavy atom. The van der Waals surface area contributed by atoms with Crippen molar-refractivity contribution < 1.29 is 0 Å². The average Bonchev–Trinajstić information content (AvgIpc) is 2.77. The van der Waals surface area contributed by atoms with E-state index in [4.69, 9.17) is 0 Å². The summed E-state index contributed by atoms with van der Waals surface area (Å²) in [5.41, 5.74) is 1.41. The lowest BCUT2D eigenvalue weighted by Gasteiger charge is -2.26. The first-order chi connectivity index (χ1) is 9.16. The van der Waals surface area contributed by atoms with Crippen molar-refractivity contribution in [2.45, 2.75) is 68.7 Å². The van der Waals surface area contributed by atoms with Crippen LogP contribution in [0.15, 0.2) is 11.4 Å². The van der Waals surface area contributed by atoms with Gasteiger partial charge in [-0.1, -0.05) is 26.7 Å². The Kier molecular flexibility index (Phi) is 3.70. The van der Waals surface area contributed by atoms with Crippen LogP contribution in [0.4, 0.5) is 5.82 Å². The molecular formula is C15H23N3S. The van der Waals surface area contributed by atoms with E-state index in [1.807, 2.05) is 11.8 Å². The van der Waals surface area contributed by atoms with Crippen molar-refractivity contribution in [3.63, 3.8) is 0 Å². The molecule has 1 aliphatic carbocycles. The van der Waals surface area contributed by atoms with Crippen LogP contribution < -0.4 is 5.32 Å². The summed E-state index contributed by atoms with van der Waals surface area (Å²) < 4.78 is 0. The summed E-state index contributed by atoms with van der Waals surface area (Å²) in [5.74, 6) is 2.38. The molecule has 3 nitrogen and oxygen atoms in total. The van der Waals surface area contributed by atoms with Gasteiger partial charge in [-0.3, -0.25) is 0 Å². The van der Waals surface area contributed by atoms with E-state index in [-0.39, 0.29) is 0 Å². The number of hydrogen-bond acceptors (Lipinski definition) is 4. The molecule has 104 valence electrons. The molecule has 1 aromatic rings. The Balaban J connectivity index is 1.89. The molecule has 1 aromatic heterocycles. The number of aromatic nitrogens is 2. The first-order valence-corrected chi connectivity index (χ1v) is 8.33. The zero-order valence-corrected chi connectivity index (χ0v) is 12.8. The van der Waals surface area contributed by atoms with Crippen LogP contribution in [-0.2, 0) is 0 Å². The predicted molar refractivity (Wildman–Crippen MR) is 80.8 cm³/mol. The van der Waals surface area contributed by atoms with Gasteiger partial charge in [-0.15, -0.1) is 11.8 Å². The van der Waals surface area contributed by atoms with Gasteiger partial charge >= 0.3 is 0 Å². The quantitative estimate of drug-likeness (QED) is 0.845. The standard InChI is InChI=1S/C15H23N3S/c1-9(2)10(3)18-14-13-11-6-4-5-7-12(11)19-15(13)17-8-16-14/h8-12H,4-7H2,1-3H3,(H,16,17,18). The first-order valence-electron chi connectivity index (χ1n) is 7.45.